The molecule has 78 valence electrons. The Morgan fingerprint density at radius 2 is 2.50 bits per heavy atom. The highest BCUT2D eigenvalue weighted by Gasteiger charge is 2.19. The number of aromatic nitrogens is 2. The number of rotatable bonds is 3. The molecule has 1 atom stereocenters. The SMILES string of the molecule is CCN1CCOC(Cn2cccn2)C1. The number of hydrogen-bond donors (Lipinski definition) is 0. The second-order valence-electron chi connectivity index (χ2n) is 3.61. The number of morpholine rings is 1. The Labute approximate surface area is 84.5 Å². The average molecular weight is 195 g/mol. The van der Waals surface area contributed by atoms with Gasteiger partial charge in [-0.3, -0.25) is 9.58 Å². The molecule has 0 bridgehead atoms. The summed E-state index contributed by atoms with van der Waals surface area (Å²) in [6, 6.07) is 1.94. The third kappa shape index (κ3) is 2.33. The summed E-state index contributed by atoms with van der Waals surface area (Å²) in [4.78, 5) is 2.41. The van der Waals surface area contributed by atoms with Crippen molar-refractivity contribution in [1.82, 2.24) is 14.7 Å². The summed E-state index contributed by atoms with van der Waals surface area (Å²) in [5.74, 6) is 0. The molecule has 1 unspecified atom stereocenters. The van der Waals surface area contributed by atoms with Crippen LogP contribution < -0.4 is 0 Å². The van der Waals surface area contributed by atoms with Crippen molar-refractivity contribution >= 4 is 0 Å². The van der Waals surface area contributed by atoms with Gasteiger partial charge < -0.3 is 4.74 Å². The van der Waals surface area contributed by atoms with Gasteiger partial charge in [-0.1, -0.05) is 6.92 Å². The number of nitrogens with zero attached hydrogens (tertiary/aromatic N) is 3. The van der Waals surface area contributed by atoms with Crippen LogP contribution in [0, 0.1) is 0 Å². The second kappa shape index (κ2) is 4.57. The zero-order valence-electron chi connectivity index (χ0n) is 8.59. The zero-order valence-corrected chi connectivity index (χ0v) is 8.59. The summed E-state index contributed by atoms with van der Waals surface area (Å²) in [5.41, 5.74) is 0. The minimum absolute atomic E-state index is 0.295. The monoisotopic (exact) mass is 195 g/mol. The maximum Gasteiger partial charge on any atom is 0.0898 e. The molecular formula is C10H17N3O. The number of ether oxygens (including phenoxy) is 1. The van der Waals surface area contributed by atoms with Crippen LogP contribution in [0.5, 0.6) is 0 Å². The molecule has 1 aromatic rings. The lowest BCUT2D eigenvalue weighted by Crippen LogP contribution is -2.44. The van der Waals surface area contributed by atoms with Gasteiger partial charge in [0.15, 0.2) is 0 Å². The minimum Gasteiger partial charge on any atom is -0.374 e. The molecule has 2 rings (SSSR count). The third-order valence-corrected chi connectivity index (χ3v) is 2.62. The Hall–Kier alpha value is -0.870. The van der Waals surface area contributed by atoms with Gasteiger partial charge in [0.25, 0.3) is 0 Å². The summed E-state index contributed by atoms with van der Waals surface area (Å²) in [6.45, 7) is 7.10. The molecule has 0 radical (unpaired) electrons. The first-order valence-corrected chi connectivity index (χ1v) is 5.20. The molecule has 0 aromatic carbocycles. The van der Waals surface area contributed by atoms with Gasteiger partial charge in [0.05, 0.1) is 19.3 Å². The summed E-state index contributed by atoms with van der Waals surface area (Å²) in [6.07, 6.45) is 4.08. The van der Waals surface area contributed by atoms with Crippen molar-refractivity contribution in [2.75, 3.05) is 26.2 Å². The quantitative estimate of drug-likeness (QED) is 0.707. The van der Waals surface area contributed by atoms with Crippen LogP contribution in [-0.4, -0.2) is 47.0 Å². The van der Waals surface area contributed by atoms with E-state index in [9.17, 15) is 0 Å². The van der Waals surface area contributed by atoms with Gasteiger partial charge in [-0.25, -0.2) is 0 Å². The summed E-state index contributed by atoms with van der Waals surface area (Å²) in [5, 5.41) is 4.18. The van der Waals surface area contributed by atoms with E-state index in [-0.39, 0.29) is 0 Å². The van der Waals surface area contributed by atoms with E-state index in [0.717, 1.165) is 32.8 Å². The molecule has 0 spiro atoms. The lowest BCUT2D eigenvalue weighted by molar-refractivity contribution is -0.0357. The maximum atomic E-state index is 5.68. The topological polar surface area (TPSA) is 30.3 Å². The van der Waals surface area contributed by atoms with E-state index < -0.39 is 0 Å². The van der Waals surface area contributed by atoms with Crippen molar-refractivity contribution in [3.05, 3.63) is 18.5 Å². The van der Waals surface area contributed by atoms with E-state index in [4.69, 9.17) is 4.74 Å². The van der Waals surface area contributed by atoms with Crippen LogP contribution in [0.2, 0.25) is 0 Å². The van der Waals surface area contributed by atoms with Crippen molar-refractivity contribution < 1.29 is 4.74 Å². The molecule has 1 fully saturated rings. The molecule has 0 amide bonds. The molecular weight excluding hydrogens is 178 g/mol. The van der Waals surface area contributed by atoms with Crippen molar-refractivity contribution in [1.29, 1.82) is 0 Å². The minimum atomic E-state index is 0.295. The fourth-order valence-electron chi connectivity index (χ4n) is 1.80. The normalized spacial score (nSPS) is 23.9. The standard InChI is InChI=1S/C10H17N3O/c1-2-12-6-7-14-10(8-12)9-13-5-3-4-11-13/h3-5,10H,2,6-9H2,1H3. The molecule has 1 aliphatic rings. The Bertz CT molecular complexity index is 260. The lowest BCUT2D eigenvalue weighted by atomic mass is 10.2. The zero-order chi connectivity index (χ0) is 9.80. The lowest BCUT2D eigenvalue weighted by Gasteiger charge is -2.31. The van der Waals surface area contributed by atoms with Gasteiger partial charge in [-0.15, -0.1) is 0 Å². The second-order valence-corrected chi connectivity index (χ2v) is 3.61. The molecule has 1 aromatic heterocycles. The average Bonchev–Trinajstić information content (AvgIpc) is 2.71. The molecule has 0 N–H and O–H groups in total. The molecule has 4 heteroatoms. The Morgan fingerprint density at radius 3 is 3.21 bits per heavy atom. The van der Waals surface area contributed by atoms with Gasteiger partial charge in [0.2, 0.25) is 0 Å². The van der Waals surface area contributed by atoms with Gasteiger partial charge in [0, 0.05) is 25.5 Å². The molecule has 1 aliphatic heterocycles. The number of hydrogen-bond acceptors (Lipinski definition) is 3. The van der Waals surface area contributed by atoms with E-state index >= 15 is 0 Å². The summed E-state index contributed by atoms with van der Waals surface area (Å²) in [7, 11) is 0. The van der Waals surface area contributed by atoms with Crippen LogP contribution in [0.25, 0.3) is 0 Å². The van der Waals surface area contributed by atoms with Gasteiger partial charge >= 0.3 is 0 Å². The Balaban J connectivity index is 1.86. The van der Waals surface area contributed by atoms with E-state index in [1.165, 1.54) is 0 Å². The van der Waals surface area contributed by atoms with Crippen LogP contribution in [0.1, 0.15) is 6.92 Å². The van der Waals surface area contributed by atoms with E-state index in [1.807, 2.05) is 16.9 Å². The van der Waals surface area contributed by atoms with Crippen LogP contribution in [0.15, 0.2) is 18.5 Å². The Morgan fingerprint density at radius 1 is 1.57 bits per heavy atom. The van der Waals surface area contributed by atoms with Crippen LogP contribution in [0.4, 0.5) is 0 Å². The first kappa shape index (κ1) is 9.68. The van der Waals surface area contributed by atoms with Crippen LogP contribution in [-0.2, 0) is 11.3 Å². The van der Waals surface area contributed by atoms with Crippen LogP contribution >= 0.6 is 0 Å². The smallest absolute Gasteiger partial charge is 0.0898 e. The predicted molar refractivity (Wildman–Crippen MR) is 54.1 cm³/mol. The van der Waals surface area contributed by atoms with Gasteiger partial charge in [-0.05, 0) is 12.6 Å². The highest BCUT2D eigenvalue weighted by Crippen LogP contribution is 2.06. The van der Waals surface area contributed by atoms with E-state index in [1.54, 1.807) is 6.20 Å². The fourth-order valence-corrected chi connectivity index (χ4v) is 1.80. The highest BCUT2D eigenvalue weighted by atomic mass is 16.5. The predicted octanol–water partition coefficient (Wildman–Crippen LogP) is 0.604. The first-order chi connectivity index (χ1) is 6.88. The molecule has 14 heavy (non-hydrogen) atoms. The molecule has 2 heterocycles. The number of likely N-dealkylation sites (N-methyl/N-ethyl adjacent to an activating group) is 1. The van der Waals surface area contributed by atoms with Crippen molar-refractivity contribution in [3.63, 3.8) is 0 Å². The first-order valence-electron chi connectivity index (χ1n) is 5.20. The van der Waals surface area contributed by atoms with Crippen molar-refractivity contribution in [3.8, 4) is 0 Å². The largest absolute Gasteiger partial charge is 0.374 e. The van der Waals surface area contributed by atoms with Gasteiger partial charge in [0.1, 0.15) is 0 Å². The summed E-state index contributed by atoms with van der Waals surface area (Å²) < 4.78 is 7.62. The molecule has 0 saturated carbocycles. The highest BCUT2D eigenvalue weighted by molar-refractivity contribution is 4.80. The third-order valence-electron chi connectivity index (χ3n) is 2.62. The van der Waals surface area contributed by atoms with Crippen molar-refractivity contribution in [2.24, 2.45) is 0 Å². The van der Waals surface area contributed by atoms with Crippen molar-refractivity contribution in [2.45, 2.75) is 19.6 Å². The van der Waals surface area contributed by atoms with E-state index in [2.05, 4.69) is 16.9 Å². The molecule has 0 aliphatic carbocycles. The fraction of sp³-hybridized carbons (Fsp3) is 0.700. The molecule has 4 nitrogen and oxygen atoms in total. The molecule has 1 saturated heterocycles. The van der Waals surface area contributed by atoms with E-state index in [0.29, 0.717) is 6.10 Å². The maximum absolute atomic E-state index is 5.68. The van der Waals surface area contributed by atoms with Gasteiger partial charge in [-0.2, -0.15) is 5.10 Å². The summed E-state index contributed by atoms with van der Waals surface area (Å²) >= 11 is 0. The van der Waals surface area contributed by atoms with Crippen LogP contribution in [0.3, 0.4) is 0 Å². The Kier molecular flexibility index (Phi) is 3.16.